The largest absolute Gasteiger partial charge is 0.364 e. The van der Waals surface area contributed by atoms with E-state index < -0.39 is 0 Å². The van der Waals surface area contributed by atoms with Crippen molar-refractivity contribution < 1.29 is 0 Å². The molecule has 0 amide bonds. The molecule has 0 radical (unpaired) electrons. The number of hydrogen-bond acceptors (Lipinski definition) is 2. The van der Waals surface area contributed by atoms with Crippen LogP contribution in [0.25, 0.3) is 0 Å². The van der Waals surface area contributed by atoms with E-state index in [9.17, 15) is 0 Å². The van der Waals surface area contributed by atoms with Crippen molar-refractivity contribution in [1.29, 1.82) is 0 Å². The highest BCUT2D eigenvalue weighted by Crippen LogP contribution is 2.37. The minimum atomic E-state index is 0.301. The van der Waals surface area contributed by atoms with Crippen LogP contribution in [0.2, 0.25) is 10.0 Å². The molecule has 1 N–H and O–H groups in total. The number of hydrogen-bond donors (Lipinski definition) is 1. The second-order valence-electron chi connectivity index (χ2n) is 5.94. The first-order chi connectivity index (χ1) is 9.10. The van der Waals surface area contributed by atoms with E-state index in [1.54, 1.807) is 0 Å². The van der Waals surface area contributed by atoms with Crippen LogP contribution in [0, 0.1) is 0 Å². The summed E-state index contributed by atoms with van der Waals surface area (Å²) in [6.07, 6.45) is 5.23. The van der Waals surface area contributed by atoms with Crippen molar-refractivity contribution in [3.63, 3.8) is 0 Å². The number of rotatable bonds is 1. The molecule has 1 saturated carbocycles. The zero-order chi connectivity index (χ0) is 13.5. The maximum atomic E-state index is 6.38. The lowest BCUT2D eigenvalue weighted by Gasteiger charge is -2.46. The van der Waals surface area contributed by atoms with E-state index in [0.29, 0.717) is 16.6 Å². The Morgan fingerprint density at radius 3 is 2.68 bits per heavy atom. The van der Waals surface area contributed by atoms with Crippen LogP contribution in [0.5, 0.6) is 0 Å². The molecule has 1 aromatic rings. The average Bonchev–Trinajstić information content (AvgIpc) is 2.82. The summed E-state index contributed by atoms with van der Waals surface area (Å²) in [5, 5.41) is 5.22. The fourth-order valence-corrected chi connectivity index (χ4v) is 3.95. The number of benzene rings is 1. The minimum absolute atomic E-state index is 0.301. The SMILES string of the molecule is CC1CNC2(CCCC2)CN1c1ccc(Cl)cc1Cl. The molecule has 2 aliphatic rings. The van der Waals surface area contributed by atoms with Gasteiger partial charge in [0, 0.05) is 29.7 Å². The zero-order valence-electron chi connectivity index (χ0n) is 11.3. The molecule has 1 aromatic carbocycles. The number of piperazine rings is 1. The molecule has 1 atom stereocenters. The molecule has 1 unspecified atom stereocenters. The quantitative estimate of drug-likeness (QED) is 0.839. The molecule has 4 heteroatoms. The smallest absolute Gasteiger partial charge is 0.0654 e. The fourth-order valence-electron chi connectivity index (χ4n) is 3.44. The highest BCUT2D eigenvalue weighted by molar-refractivity contribution is 6.36. The Labute approximate surface area is 125 Å². The van der Waals surface area contributed by atoms with Gasteiger partial charge < -0.3 is 10.2 Å². The van der Waals surface area contributed by atoms with E-state index in [-0.39, 0.29) is 0 Å². The molecule has 2 fully saturated rings. The van der Waals surface area contributed by atoms with Crippen LogP contribution in [0.3, 0.4) is 0 Å². The molecule has 1 aliphatic carbocycles. The van der Waals surface area contributed by atoms with Gasteiger partial charge in [0.15, 0.2) is 0 Å². The van der Waals surface area contributed by atoms with Crippen LogP contribution >= 0.6 is 23.2 Å². The Morgan fingerprint density at radius 1 is 1.26 bits per heavy atom. The van der Waals surface area contributed by atoms with E-state index in [1.807, 2.05) is 12.1 Å². The van der Waals surface area contributed by atoms with Gasteiger partial charge in [-0.05, 0) is 38.0 Å². The van der Waals surface area contributed by atoms with Gasteiger partial charge in [0.05, 0.1) is 10.7 Å². The number of nitrogens with zero attached hydrogens (tertiary/aromatic N) is 1. The van der Waals surface area contributed by atoms with Crippen molar-refractivity contribution in [2.45, 2.75) is 44.2 Å². The highest BCUT2D eigenvalue weighted by atomic mass is 35.5. The zero-order valence-corrected chi connectivity index (χ0v) is 12.8. The summed E-state index contributed by atoms with van der Waals surface area (Å²) < 4.78 is 0. The third-order valence-electron chi connectivity index (χ3n) is 4.56. The normalized spacial score (nSPS) is 26.1. The highest BCUT2D eigenvalue weighted by Gasteiger charge is 2.40. The van der Waals surface area contributed by atoms with Crippen molar-refractivity contribution in [3.05, 3.63) is 28.2 Å². The van der Waals surface area contributed by atoms with E-state index in [4.69, 9.17) is 23.2 Å². The Kier molecular flexibility index (Phi) is 3.67. The van der Waals surface area contributed by atoms with Gasteiger partial charge in [0.25, 0.3) is 0 Å². The first kappa shape index (κ1) is 13.5. The maximum absolute atomic E-state index is 6.38. The molecular formula is C15H20Cl2N2. The summed E-state index contributed by atoms with van der Waals surface area (Å²) in [7, 11) is 0. The molecule has 1 heterocycles. The topological polar surface area (TPSA) is 15.3 Å². The van der Waals surface area contributed by atoms with Gasteiger partial charge >= 0.3 is 0 Å². The lowest BCUT2D eigenvalue weighted by molar-refractivity contribution is 0.276. The molecule has 104 valence electrons. The molecule has 0 aromatic heterocycles. The Hall–Kier alpha value is -0.440. The summed E-state index contributed by atoms with van der Waals surface area (Å²) in [6, 6.07) is 6.28. The predicted octanol–water partition coefficient (Wildman–Crippen LogP) is 4.10. The van der Waals surface area contributed by atoms with Gasteiger partial charge in [0.2, 0.25) is 0 Å². The standard InChI is InChI=1S/C15H20Cl2N2/c1-11-9-18-15(6-2-3-7-15)10-19(11)14-5-4-12(16)8-13(14)17/h4-5,8,11,18H,2-3,6-7,9-10H2,1H3. The van der Waals surface area contributed by atoms with Gasteiger partial charge in [0.1, 0.15) is 0 Å². The van der Waals surface area contributed by atoms with Gasteiger partial charge in [-0.3, -0.25) is 0 Å². The van der Waals surface area contributed by atoms with E-state index in [2.05, 4.69) is 23.2 Å². The third kappa shape index (κ3) is 2.58. The first-order valence-electron chi connectivity index (χ1n) is 7.06. The summed E-state index contributed by atoms with van der Waals surface area (Å²) in [4.78, 5) is 2.44. The Bertz CT molecular complexity index is 469. The summed E-state index contributed by atoms with van der Waals surface area (Å²) >= 11 is 12.4. The lowest BCUT2D eigenvalue weighted by Crippen LogP contribution is -2.62. The first-order valence-corrected chi connectivity index (χ1v) is 7.82. The van der Waals surface area contributed by atoms with Gasteiger partial charge in [-0.15, -0.1) is 0 Å². The monoisotopic (exact) mass is 298 g/mol. The van der Waals surface area contributed by atoms with E-state index in [1.165, 1.54) is 25.7 Å². The number of halogens is 2. The number of anilines is 1. The van der Waals surface area contributed by atoms with Gasteiger partial charge in [-0.2, -0.15) is 0 Å². The van der Waals surface area contributed by atoms with E-state index >= 15 is 0 Å². The van der Waals surface area contributed by atoms with Crippen molar-refractivity contribution in [2.75, 3.05) is 18.0 Å². The second-order valence-corrected chi connectivity index (χ2v) is 6.78. The second kappa shape index (κ2) is 5.16. The van der Waals surface area contributed by atoms with Crippen LogP contribution in [-0.2, 0) is 0 Å². The molecule has 0 bridgehead atoms. The molecule has 1 aliphatic heterocycles. The van der Waals surface area contributed by atoms with Crippen LogP contribution in [0.1, 0.15) is 32.6 Å². The summed E-state index contributed by atoms with van der Waals surface area (Å²) in [5.74, 6) is 0. The van der Waals surface area contributed by atoms with Crippen molar-refractivity contribution >= 4 is 28.9 Å². The van der Waals surface area contributed by atoms with Crippen LogP contribution in [0.15, 0.2) is 18.2 Å². The summed E-state index contributed by atoms with van der Waals surface area (Å²) in [6.45, 7) is 4.33. The molecule has 1 spiro atoms. The fraction of sp³-hybridized carbons (Fsp3) is 0.600. The number of nitrogens with one attached hydrogen (secondary N) is 1. The molecular weight excluding hydrogens is 279 g/mol. The lowest BCUT2D eigenvalue weighted by atomic mass is 9.92. The van der Waals surface area contributed by atoms with Crippen LogP contribution in [0.4, 0.5) is 5.69 Å². The van der Waals surface area contributed by atoms with Crippen molar-refractivity contribution in [1.82, 2.24) is 5.32 Å². The molecule has 2 nitrogen and oxygen atoms in total. The maximum Gasteiger partial charge on any atom is 0.0654 e. The van der Waals surface area contributed by atoms with Crippen molar-refractivity contribution in [3.8, 4) is 0 Å². The third-order valence-corrected chi connectivity index (χ3v) is 5.10. The minimum Gasteiger partial charge on any atom is -0.364 e. The predicted molar refractivity (Wildman–Crippen MR) is 82.5 cm³/mol. The van der Waals surface area contributed by atoms with Gasteiger partial charge in [-0.25, -0.2) is 0 Å². The van der Waals surface area contributed by atoms with Crippen LogP contribution < -0.4 is 10.2 Å². The molecule has 19 heavy (non-hydrogen) atoms. The molecule has 1 saturated heterocycles. The molecule has 3 rings (SSSR count). The summed E-state index contributed by atoms with van der Waals surface area (Å²) in [5.41, 5.74) is 1.42. The van der Waals surface area contributed by atoms with Crippen molar-refractivity contribution in [2.24, 2.45) is 0 Å². The van der Waals surface area contributed by atoms with Crippen LogP contribution in [-0.4, -0.2) is 24.7 Å². The Morgan fingerprint density at radius 2 is 2.00 bits per heavy atom. The Balaban J connectivity index is 1.89. The van der Waals surface area contributed by atoms with Gasteiger partial charge in [-0.1, -0.05) is 36.0 Å². The van der Waals surface area contributed by atoms with E-state index in [0.717, 1.165) is 23.8 Å². The average molecular weight is 299 g/mol.